The van der Waals surface area contributed by atoms with Crippen LogP contribution in [0.25, 0.3) is 0 Å². The van der Waals surface area contributed by atoms with Gasteiger partial charge in [0.25, 0.3) is 0 Å². The summed E-state index contributed by atoms with van der Waals surface area (Å²) >= 11 is 0.989. The van der Waals surface area contributed by atoms with Gasteiger partial charge in [0.2, 0.25) is 17.6 Å². The monoisotopic (exact) mass is 558 g/mol. The van der Waals surface area contributed by atoms with Crippen molar-refractivity contribution in [2.75, 3.05) is 56.5 Å². The summed E-state index contributed by atoms with van der Waals surface area (Å²) in [5.74, 6) is 1.26. The Morgan fingerprint density at radius 2 is 1.87 bits per heavy atom. The van der Waals surface area contributed by atoms with Gasteiger partial charge >= 0.3 is 5.97 Å². The number of carboxylic acid groups (broad SMARTS) is 1. The molecule has 1 amide bonds. The van der Waals surface area contributed by atoms with Gasteiger partial charge in [0, 0.05) is 32.2 Å². The number of aromatic nitrogens is 3. The molecule has 1 unspecified atom stereocenters. The van der Waals surface area contributed by atoms with Gasteiger partial charge in [-0.2, -0.15) is 9.97 Å². The maximum absolute atomic E-state index is 11.8. The number of hydrogen-bond acceptors (Lipinski definition) is 13. The van der Waals surface area contributed by atoms with Crippen molar-refractivity contribution in [3.63, 3.8) is 0 Å². The largest absolute Gasteiger partial charge is 0.493 e. The summed E-state index contributed by atoms with van der Waals surface area (Å²) in [6.07, 6.45) is 0. The summed E-state index contributed by atoms with van der Waals surface area (Å²) in [6.45, 7) is 3.45. The van der Waals surface area contributed by atoms with Crippen LogP contribution in [0.1, 0.15) is 20.9 Å². The maximum atomic E-state index is 11.8. The number of ether oxygens (including phenoxy) is 3. The van der Waals surface area contributed by atoms with Crippen molar-refractivity contribution in [2.24, 2.45) is 5.73 Å². The number of anilines is 4. The van der Waals surface area contributed by atoms with Gasteiger partial charge in [0.1, 0.15) is 22.6 Å². The van der Waals surface area contributed by atoms with Crippen molar-refractivity contribution in [1.82, 2.24) is 20.3 Å². The lowest BCUT2D eigenvalue weighted by atomic mass is 10.1. The lowest BCUT2D eigenvalue weighted by Crippen LogP contribution is -2.56. The highest BCUT2D eigenvalue weighted by atomic mass is 32.1. The topological polar surface area (TPSA) is 186 Å². The van der Waals surface area contributed by atoms with Gasteiger partial charge in [0.15, 0.2) is 16.6 Å². The van der Waals surface area contributed by atoms with Crippen molar-refractivity contribution < 1.29 is 28.9 Å². The molecular weight excluding hydrogens is 528 g/mol. The molecule has 1 aromatic carbocycles. The molecule has 1 aliphatic heterocycles. The van der Waals surface area contributed by atoms with Crippen molar-refractivity contribution in [2.45, 2.75) is 19.5 Å². The molecular formula is C24H30N8O6S. The van der Waals surface area contributed by atoms with Gasteiger partial charge in [-0.15, -0.1) is 0 Å². The van der Waals surface area contributed by atoms with E-state index in [0.29, 0.717) is 65.9 Å². The molecule has 3 aromatic rings. The molecule has 2 aromatic heterocycles. The van der Waals surface area contributed by atoms with E-state index >= 15 is 0 Å². The second-order valence-corrected chi connectivity index (χ2v) is 9.54. The Balaban J connectivity index is 1.64. The van der Waals surface area contributed by atoms with Crippen LogP contribution >= 0.6 is 11.3 Å². The minimum Gasteiger partial charge on any atom is -0.493 e. The predicted octanol–water partition coefficient (Wildman–Crippen LogP) is 1.58. The van der Waals surface area contributed by atoms with Crippen molar-refractivity contribution in [3.8, 4) is 17.2 Å². The highest BCUT2D eigenvalue weighted by Gasteiger charge is 2.25. The van der Waals surface area contributed by atoms with Crippen LogP contribution < -0.4 is 40.8 Å². The van der Waals surface area contributed by atoms with E-state index in [2.05, 4.69) is 30.9 Å². The number of carbonyl (C=O) groups excluding carboxylic acids is 1. The molecule has 14 nitrogen and oxygen atoms in total. The van der Waals surface area contributed by atoms with Crippen molar-refractivity contribution in [3.05, 3.63) is 34.3 Å². The summed E-state index contributed by atoms with van der Waals surface area (Å²) in [4.78, 5) is 38.8. The number of aryl methyl sites for hydroxylation is 1. The number of aromatic carboxylic acids is 1. The zero-order valence-corrected chi connectivity index (χ0v) is 22.7. The van der Waals surface area contributed by atoms with Gasteiger partial charge in [-0.1, -0.05) is 11.3 Å². The Morgan fingerprint density at radius 3 is 2.46 bits per heavy atom. The molecule has 0 bridgehead atoms. The Morgan fingerprint density at radius 1 is 1.15 bits per heavy atom. The van der Waals surface area contributed by atoms with Crippen LogP contribution in [0.5, 0.6) is 17.2 Å². The number of nitrogens with two attached hydrogens (primary N) is 1. The summed E-state index contributed by atoms with van der Waals surface area (Å²) < 4.78 is 16.3. The number of piperazine rings is 1. The summed E-state index contributed by atoms with van der Waals surface area (Å²) in [5.41, 5.74) is 6.75. The van der Waals surface area contributed by atoms with Crippen LogP contribution in [0.2, 0.25) is 0 Å². The first-order valence-electron chi connectivity index (χ1n) is 11.9. The molecule has 3 heterocycles. The number of hydrogen-bond donors (Lipinski definition) is 5. The number of methoxy groups -OCH3 is 3. The number of benzene rings is 1. The number of amides is 1. The van der Waals surface area contributed by atoms with Crippen LogP contribution in [0.4, 0.5) is 22.7 Å². The molecule has 0 radical (unpaired) electrons. The fourth-order valence-corrected chi connectivity index (χ4v) is 4.86. The van der Waals surface area contributed by atoms with Crippen molar-refractivity contribution in [1.29, 1.82) is 0 Å². The molecule has 1 saturated heterocycles. The minimum atomic E-state index is -1.06. The third-order valence-electron chi connectivity index (χ3n) is 5.96. The Hall–Kier alpha value is -4.37. The molecule has 15 heteroatoms. The number of thiazole rings is 1. The number of carboxylic acids is 1. The molecule has 0 spiro atoms. The Kier molecular flexibility index (Phi) is 8.51. The Labute approximate surface area is 228 Å². The zero-order valence-electron chi connectivity index (χ0n) is 21.9. The van der Waals surface area contributed by atoms with Crippen molar-refractivity contribution >= 4 is 45.9 Å². The van der Waals surface area contributed by atoms with Crippen LogP contribution in [-0.2, 0) is 11.3 Å². The van der Waals surface area contributed by atoms with Crippen LogP contribution in [0.15, 0.2) is 18.2 Å². The first-order chi connectivity index (χ1) is 18.7. The smallest absolute Gasteiger partial charge is 0.347 e. The average Bonchev–Trinajstić information content (AvgIpc) is 3.30. The number of primary amides is 1. The fourth-order valence-electron chi connectivity index (χ4n) is 4.07. The van der Waals surface area contributed by atoms with Gasteiger partial charge in [-0.25, -0.2) is 9.78 Å². The van der Waals surface area contributed by atoms with Gasteiger partial charge in [-0.05, 0) is 24.6 Å². The Bertz CT molecular complexity index is 1340. The molecule has 1 atom stereocenters. The normalized spacial score (nSPS) is 15.0. The van der Waals surface area contributed by atoms with Crippen LogP contribution in [-0.4, -0.2) is 78.9 Å². The first-order valence-corrected chi connectivity index (χ1v) is 12.7. The van der Waals surface area contributed by atoms with Crippen LogP contribution in [0, 0.1) is 6.92 Å². The highest BCUT2D eigenvalue weighted by molar-refractivity contribution is 7.17. The predicted molar refractivity (Wildman–Crippen MR) is 146 cm³/mol. The summed E-state index contributed by atoms with van der Waals surface area (Å²) in [6, 6.07) is 4.90. The van der Waals surface area contributed by atoms with E-state index in [-0.39, 0.29) is 10.8 Å². The maximum Gasteiger partial charge on any atom is 0.347 e. The second kappa shape index (κ2) is 12.0. The minimum absolute atomic E-state index is 0.126. The van der Waals surface area contributed by atoms with Gasteiger partial charge in [-0.3, -0.25) is 10.1 Å². The summed E-state index contributed by atoms with van der Waals surface area (Å²) in [7, 11) is 4.63. The molecule has 208 valence electrons. The van der Waals surface area contributed by atoms with E-state index < -0.39 is 17.9 Å². The van der Waals surface area contributed by atoms with Crippen LogP contribution in [0.3, 0.4) is 0 Å². The number of nitrogens with zero attached hydrogens (tertiary/aromatic N) is 4. The number of rotatable bonds is 11. The first kappa shape index (κ1) is 27.7. The quantitative estimate of drug-likeness (QED) is 0.229. The fraction of sp³-hybridized carbons (Fsp3) is 0.375. The molecule has 0 aliphatic carbocycles. The van der Waals surface area contributed by atoms with E-state index in [9.17, 15) is 14.7 Å². The molecule has 4 rings (SSSR count). The second-order valence-electron chi connectivity index (χ2n) is 8.54. The zero-order chi connectivity index (χ0) is 28.1. The van der Waals surface area contributed by atoms with E-state index in [1.165, 1.54) is 7.11 Å². The van der Waals surface area contributed by atoms with E-state index in [0.717, 1.165) is 16.9 Å². The van der Waals surface area contributed by atoms with E-state index in [4.69, 9.17) is 19.9 Å². The van der Waals surface area contributed by atoms with Gasteiger partial charge < -0.3 is 40.6 Å². The third-order valence-corrected chi connectivity index (χ3v) is 7.02. The SMILES string of the molecule is COc1cc(CNc2cc(N3CCNC(C(N)=O)C3)nc(Nc3nc(C)c(C(=O)O)s3)n2)cc(OC)c1OC. The lowest BCUT2D eigenvalue weighted by Gasteiger charge is -2.33. The van der Waals surface area contributed by atoms with Gasteiger partial charge in [0.05, 0.1) is 27.0 Å². The lowest BCUT2D eigenvalue weighted by molar-refractivity contribution is -0.120. The summed E-state index contributed by atoms with van der Waals surface area (Å²) in [5, 5.41) is 19.1. The molecule has 1 aliphatic rings. The standard InChI is InChI=1S/C24H30N8O6S/c1-12-20(22(34)35)39-24(28-12)31-23-29-17(9-18(30-23)32-6-5-26-14(11-32)21(25)33)27-10-13-7-15(36-2)19(38-4)16(8-13)37-3/h7-9,14,26H,5-6,10-11H2,1-4H3,(H2,25,33)(H,34,35)(H2,27,28,29,30,31). The number of nitrogens with one attached hydrogen (secondary N) is 3. The molecule has 39 heavy (non-hydrogen) atoms. The highest BCUT2D eigenvalue weighted by Crippen LogP contribution is 2.38. The average molecular weight is 559 g/mol. The molecule has 0 saturated carbocycles. The third kappa shape index (κ3) is 6.38. The molecule has 1 fully saturated rings. The van der Waals surface area contributed by atoms with E-state index in [1.807, 2.05) is 17.0 Å². The number of carbonyl (C=O) groups is 2. The molecule has 6 N–H and O–H groups in total. The van der Waals surface area contributed by atoms with E-state index in [1.54, 1.807) is 27.2 Å².